The molecule has 1 amide bonds. The van der Waals surface area contributed by atoms with Crippen LogP contribution in [0.4, 0.5) is 15.8 Å². The van der Waals surface area contributed by atoms with Crippen LogP contribution in [0.15, 0.2) is 36.4 Å². The van der Waals surface area contributed by atoms with Gasteiger partial charge in [0.25, 0.3) is 0 Å². The van der Waals surface area contributed by atoms with Gasteiger partial charge in [-0.3, -0.25) is 9.69 Å². The van der Waals surface area contributed by atoms with Crippen LogP contribution in [0.2, 0.25) is 5.02 Å². The molecule has 1 fully saturated rings. The summed E-state index contributed by atoms with van der Waals surface area (Å²) in [5.41, 5.74) is 2.46. The lowest BCUT2D eigenvalue weighted by molar-refractivity contribution is -0.120. The maximum atomic E-state index is 14.2. The molecular weight excluding hydrogens is 379 g/mol. The Morgan fingerprint density at radius 1 is 1.21 bits per heavy atom. The number of amides is 1. The highest BCUT2D eigenvalue weighted by Gasteiger charge is 2.27. The highest BCUT2D eigenvalue weighted by atomic mass is 35.5. The van der Waals surface area contributed by atoms with Gasteiger partial charge >= 0.3 is 0 Å². The first-order chi connectivity index (χ1) is 13.4. The molecule has 1 aliphatic heterocycles. The van der Waals surface area contributed by atoms with E-state index >= 15 is 0 Å². The van der Waals surface area contributed by atoms with E-state index in [-0.39, 0.29) is 11.9 Å². The van der Waals surface area contributed by atoms with Crippen molar-refractivity contribution in [3.05, 3.63) is 58.4 Å². The maximum Gasteiger partial charge on any atom is 0.241 e. The molecule has 2 aromatic rings. The lowest BCUT2D eigenvalue weighted by Gasteiger charge is -2.38. The van der Waals surface area contributed by atoms with Crippen molar-refractivity contribution in [3.63, 3.8) is 0 Å². The van der Waals surface area contributed by atoms with Gasteiger partial charge in [0.15, 0.2) is 0 Å². The molecule has 0 spiro atoms. The van der Waals surface area contributed by atoms with Crippen LogP contribution in [-0.4, -0.2) is 43.0 Å². The Morgan fingerprint density at radius 3 is 2.57 bits per heavy atom. The smallest absolute Gasteiger partial charge is 0.241 e. The Kier molecular flexibility index (Phi) is 6.18. The van der Waals surface area contributed by atoms with E-state index in [2.05, 4.69) is 10.2 Å². The summed E-state index contributed by atoms with van der Waals surface area (Å²) in [6, 6.07) is 11.5. The zero-order chi connectivity index (χ0) is 20.3. The third-order valence-corrected chi connectivity index (χ3v) is 5.35. The second kappa shape index (κ2) is 8.59. The molecule has 28 heavy (non-hydrogen) atoms. The van der Waals surface area contributed by atoms with Crippen molar-refractivity contribution in [3.8, 4) is 6.07 Å². The highest BCUT2D eigenvalue weighted by molar-refractivity contribution is 6.31. The van der Waals surface area contributed by atoms with Crippen LogP contribution in [0.5, 0.6) is 0 Å². The number of carbonyl (C=O) groups excluding carboxylic acids is 1. The van der Waals surface area contributed by atoms with Gasteiger partial charge in [-0.25, -0.2) is 4.39 Å². The summed E-state index contributed by atoms with van der Waals surface area (Å²) in [4.78, 5) is 16.7. The van der Waals surface area contributed by atoms with Crippen LogP contribution < -0.4 is 10.2 Å². The topological polar surface area (TPSA) is 59.4 Å². The number of nitrogens with one attached hydrogen (secondary N) is 1. The molecule has 3 rings (SSSR count). The van der Waals surface area contributed by atoms with Gasteiger partial charge in [0.05, 0.1) is 23.4 Å². The summed E-state index contributed by atoms with van der Waals surface area (Å²) in [5, 5.41) is 12.4. The Bertz CT molecular complexity index is 919. The normalized spacial score (nSPS) is 15.8. The minimum Gasteiger partial charge on any atom is -0.367 e. The number of hydrogen-bond donors (Lipinski definition) is 1. The summed E-state index contributed by atoms with van der Waals surface area (Å²) in [6.07, 6.45) is 0. The van der Waals surface area contributed by atoms with Gasteiger partial charge in [-0.15, -0.1) is 0 Å². The van der Waals surface area contributed by atoms with Gasteiger partial charge in [-0.2, -0.15) is 5.26 Å². The number of rotatable bonds is 4. The standard InChI is InChI=1S/C21H22ClFN4O/c1-14-3-5-17(22)12-19(14)25-21(28)15(2)26-7-9-27(10-8-26)20-6-4-16(13-24)11-18(20)23/h3-6,11-12,15H,7-10H2,1-2H3,(H,25,28). The molecule has 0 aliphatic carbocycles. The van der Waals surface area contributed by atoms with Crippen molar-refractivity contribution in [2.24, 2.45) is 0 Å². The first-order valence-corrected chi connectivity index (χ1v) is 9.52. The fraction of sp³-hybridized carbons (Fsp3) is 0.333. The number of aryl methyl sites for hydroxylation is 1. The van der Waals surface area contributed by atoms with E-state index in [0.717, 1.165) is 5.56 Å². The molecule has 1 atom stereocenters. The summed E-state index contributed by atoms with van der Waals surface area (Å²) >= 11 is 6.02. The van der Waals surface area contributed by atoms with Crippen LogP contribution in [0, 0.1) is 24.1 Å². The molecule has 1 unspecified atom stereocenters. The summed E-state index contributed by atoms with van der Waals surface area (Å²) in [6.45, 7) is 6.28. The number of nitriles is 1. The maximum absolute atomic E-state index is 14.2. The molecule has 0 radical (unpaired) electrons. The predicted molar refractivity (Wildman–Crippen MR) is 109 cm³/mol. The van der Waals surface area contributed by atoms with Crippen LogP contribution in [0.1, 0.15) is 18.1 Å². The Morgan fingerprint density at radius 2 is 1.93 bits per heavy atom. The van der Waals surface area contributed by atoms with Crippen molar-refractivity contribution in [1.29, 1.82) is 5.26 Å². The second-order valence-corrected chi connectivity index (χ2v) is 7.36. The first kappa shape index (κ1) is 20.1. The highest BCUT2D eigenvalue weighted by Crippen LogP contribution is 2.23. The van der Waals surface area contributed by atoms with E-state index in [9.17, 15) is 9.18 Å². The summed E-state index contributed by atoms with van der Waals surface area (Å²) < 4.78 is 14.2. The van der Waals surface area contributed by atoms with Gasteiger partial charge in [0, 0.05) is 36.9 Å². The second-order valence-electron chi connectivity index (χ2n) is 6.93. The number of hydrogen-bond acceptors (Lipinski definition) is 4. The van der Waals surface area contributed by atoms with E-state index in [4.69, 9.17) is 16.9 Å². The molecule has 1 saturated heterocycles. The Balaban J connectivity index is 1.60. The van der Waals surface area contributed by atoms with Crippen molar-refractivity contribution >= 4 is 28.9 Å². The fourth-order valence-electron chi connectivity index (χ4n) is 3.31. The van der Waals surface area contributed by atoms with Crippen molar-refractivity contribution in [2.45, 2.75) is 19.9 Å². The van der Waals surface area contributed by atoms with Gasteiger partial charge in [0.1, 0.15) is 5.82 Å². The minimum atomic E-state index is -0.394. The summed E-state index contributed by atoms with van der Waals surface area (Å²) in [5.74, 6) is -0.488. The van der Waals surface area contributed by atoms with Crippen molar-refractivity contribution < 1.29 is 9.18 Å². The number of halogens is 2. The van der Waals surface area contributed by atoms with Crippen LogP contribution in [0.3, 0.4) is 0 Å². The molecule has 1 aliphatic rings. The number of anilines is 2. The lowest BCUT2D eigenvalue weighted by atomic mass is 10.1. The SMILES string of the molecule is Cc1ccc(Cl)cc1NC(=O)C(C)N1CCN(c2ccc(C#N)cc2F)CC1. The molecule has 0 aromatic heterocycles. The van der Waals surface area contributed by atoms with Gasteiger partial charge in [-0.05, 0) is 49.7 Å². The van der Waals surface area contributed by atoms with E-state index in [1.807, 2.05) is 30.9 Å². The predicted octanol–water partition coefficient (Wildman–Crippen LogP) is 3.81. The Labute approximate surface area is 169 Å². The molecular formula is C21H22ClFN4O. The quantitative estimate of drug-likeness (QED) is 0.847. The van der Waals surface area contributed by atoms with Crippen molar-refractivity contribution in [1.82, 2.24) is 4.90 Å². The number of carbonyl (C=O) groups is 1. The third-order valence-electron chi connectivity index (χ3n) is 5.12. The van der Waals surface area contributed by atoms with Gasteiger partial charge in [0.2, 0.25) is 5.91 Å². The fourth-order valence-corrected chi connectivity index (χ4v) is 3.49. The van der Waals surface area contributed by atoms with E-state index in [0.29, 0.717) is 48.1 Å². The molecule has 5 nitrogen and oxygen atoms in total. The number of benzene rings is 2. The monoisotopic (exact) mass is 400 g/mol. The van der Waals surface area contributed by atoms with Crippen molar-refractivity contribution in [2.75, 3.05) is 36.4 Å². The van der Waals surface area contributed by atoms with E-state index in [1.54, 1.807) is 24.3 Å². The minimum absolute atomic E-state index is 0.0941. The summed E-state index contributed by atoms with van der Waals surface area (Å²) in [7, 11) is 0. The molecule has 0 saturated carbocycles. The molecule has 146 valence electrons. The van der Waals surface area contributed by atoms with Gasteiger partial charge in [-0.1, -0.05) is 17.7 Å². The zero-order valence-corrected chi connectivity index (χ0v) is 16.6. The van der Waals surface area contributed by atoms with E-state index in [1.165, 1.54) is 6.07 Å². The Hall–Kier alpha value is -2.62. The zero-order valence-electron chi connectivity index (χ0n) is 15.9. The molecule has 1 N–H and O–H groups in total. The van der Waals surface area contributed by atoms with Crippen LogP contribution in [-0.2, 0) is 4.79 Å². The molecule has 1 heterocycles. The molecule has 7 heteroatoms. The largest absolute Gasteiger partial charge is 0.367 e. The average molecular weight is 401 g/mol. The first-order valence-electron chi connectivity index (χ1n) is 9.14. The number of piperazine rings is 1. The van der Waals surface area contributed by atoms with Gasteiger partial charge < -0.3 is 10.2 Å². The van der Waals surface area contributed by atoms with E-state index < -0.39 is 5.82 Å². The lowest BCUT2D eigenvalue weighted by Crippen LogP contribution is -2.53. The third kappa shape index (κ3) is 4.44. The molecule has 0 bridgehead atoms. The van der Waals surface area contributed by atoms with Crippen LogP contribution >= 0.6 is 11.6 Å². The average Bonchev–Trinajstić information content (AvgIpc) is 2.70. The number of nitrogens with zero attached hydrogens (tertiary/aromatic N) is 3. The molecule has 2 aromatic carbocycles. The van der Waals surface area contributed by atoms with Crippen LogP contribution in [0.25, 0.3) is 0 Å².